The van der Waals surface area contributed by atoms with Gasteiger partial charge < -0.3 is 19.6 Å². The number of hydrogen-bond acceptors (Lipinski definition) is 4. The van der Waals surface area contributed by atoms with Crippen molar-refractivity contribution >= 4 is 11.4 Å². The summed E-state index contributed by atoms with van der Waals surface area (Å²) in [5.74, 6) is -0.407. The van der Waals surface area contributed by atoms with E-state index in [0.717, 1.165) is 5.69 Å². The molecule has 0 aliphatic carbocycles. The second kappa shape index (κ2) is 10.5. The van der Waals surface area contributed by atoms with Gasteiger partial charge in [0.25, 0.3) is 0 Å². The van der Waals surface area contributed by atoms with Crippen molar-refractivity contribution in [1.82, 2.24) is 0 Å². The fourth-order valence-corrected chi connectivity index (χ4v) is 5.78. The zero-order valence-electron chi connectivity index (χ0n) is 21.2. The lowest BCUT2D eigenvalue weighted by molar-refractivity contribution is -0.274. The Balaban J connectivity index is 1.60. The highest BCUT2D eigenvalue weighted by Gasteiger charge is 2.47. The molecule has 1 N–H and O–H groups in total. The number of rotatable bonds is 7. The van der Waals surface area contributed by atoms with E-state index in [1.807, 2.05) is 23.1 Å². The van der Waals surface area contributed by atoms with E-state index in [1.165, 1.54) is 23.1 Å². The van der Waals surface area contributed by atoms with E-state index in [0.29, 0.717) is 35.3 Å². The van der Waals surface area contributed by atoms with Gasteiger partial charge in [-0.15, -0.1) is 13.2 Å². The molecule has 0 aromatic heterocycles. The molecule has 1 fully saturated rings. The molecule has 3 atom stereocenters. The monoisotopic (exact) mass is 568 g/mol. The van der Waals surface area contributed by atoms with Crippen molar-refractivity contribution in [2.24, 2.45) is 0 Å². The number of benzene rings is 3. The highest BCUT2D eigenvalue weighted by Crippen LogP contribution is 2.48. The van der Waals surface area contributed by atoms with Crippen molar-refractivity contribution in [1.29, 1.82) is 0 Å². The van der Waals surface area contributed by atoms with E-state index in [2.05, 4.69) is 4.74 Å². The van der Waals surface area contributed by atoms with Crippen LogP contribution in [0.15, 0.2) is 72.8 Å². The van der Waals surface area contributed by atoms with Crippen LogP contribution in [0.2, 0.25) is 0 Å². The molecule has 0 radical (unpaired) electrons. The zero-order valence-corrected chi connectivity index (χ0v) is 21.2. The van der Waals surface area contributed by atoms with Crippen molar-refractivity contribution in [2.45, 2.75) is 43.1 Å². The Hall–Kier alpha value is -3.47. The first kappa shape index (κ1) is 28.1. The minimum Gasteiger partial charge on any atom is -0.406 e. The van der Waals surface area contributed by atoms with E-state index < -0.39 is 42.5 Å². The quantitative estimate of drug-likeness (QED) is 0.335. The molecular formula is C29H27F7N2O2. The minimum atomic E-state index is -4.89. The summed E-state index contributed by atoms with van der Waals surface area (Å²) < 4.78 is 97.0. The smallest absolute Gasteiger partial charge is 0.406 e. The molecule has 2 aliphatic rings. The number of alkyl halides is 7. The van der Waals surface area contributed by atoms with Gasteiger partial charge in [-0.3, -0.25) is 0 Å². The summed E-state index contributed by atoms with van der Waals surface area (Å²) >= 11 is 0. The van der Waals surface area contributed by atoms with Gasteiger partial charge >= 0.3 is 12.5 Å². The first-order chi connectivity index (χ1) is 18.8. The molecule has 2 heterocycles. The fourth-order valence-electron chi connectivity index (χ4n) is 5.78. The highest BCUT2D eigenvalue weighted by molar-refractivity contribution is 5.68. The van der Waals surface area contributed by atoms with Crippen molar-refractivity contribution < 1.29 is 40.6 Å². The van der Waals surface area contributed by atoms with Crippen molar-refractivity contribution in [2.75, 3.05) is 36.0 Å². The van der Waals surface area contributed by atoms with Crippen LogP contribution in [-0.4, -0.2) is 56.1 Å². The number of anilines is 2. The number of ether oxygens (including phenoxy) is 1. The molecule has 214 valence electrons. The summed E-state index contributed by atoms with van der Waals surface area (Å²) in [6.45, 7) is 0.0383. The molecule has 0 saturated carbocycles. The summed E-state index contributed by atoms with van der Waals surface area (Å²) in [6, 6.07) is 19.7. The van der Waals surface area contributed by atoms with Crippen LogP contribution in [0, 0.1) is 0 Å². The number of para-hydroxylation sites is 1. The normalized spacial score (nSPS) is 21.9. The van der Waals surface area contributed by atoms with Crippen LogP contribution in [0.4, 0.5) is 42.1 Å². The zero-order chi connectivity index (χ0) is 28.7. The summed E-state index contributed by atoms with van der Waals surface area (Å²) in [4.78, 5) is 3.36. The molecule has 5 rings (SSSR count). The molecule has 40 heavy (non-hydrogen) atoms. The van der Waals surface area contributed by atoms with Crippen molar-refractivity contribution in [3.63, 3.8) is 0 Å². The lowest BCUT2D eigenvalue weighted by Gasteiger charge is -2.33. The van der Waals surface area contributed by atoms with Crippen LogP contribution in [-0.2, 0) is 11.8 Å². The lowest BCUT2D eigenvalue weighted by atomic mass is 9.71. The van der Waals surface area contributed by atoms with E-state index in [9.17, 15) is 35.8 Å². The third-order valence-electron chi connectivity index (χ3n) is 7.52. The standard InChI is InChI=1S/C29H27F7N2O2/c30-21-11-12-37(16-21)22-7-4-6-20(14-22)27(15-19-5-3-8-23(13-19)40-29(34,35)36)18-38(17-26(39)28(31,32)33)25-10-2-1-9-24(25)27/h1-10,13-14,21,26,39H,11-12,15-18H2/t21-,26-,27?/m1/s1. The molecule has 0 spiro atoms. The van der Waals surface area contributed by atoms with Gasteiger partial charge in [0.15, 0.2) is 6.10 Å². The Morgan fingerprint density at radius 2 is 1.70 bits per heavy atom. The summed E-state index contributed by atoms with van der Waals surface area (Å²) in [5, 5.41) is 9.93. The molecular weight excluding hydrogens is 541 g/mol. The highest BCUT2D eigenvalue weighted by atomic mass is 19.4. The van der Waals surface area contributed by atoms with Crippen LogP contribution < -0.4 is 14.5 Å². The molecule has 3 aromatic carbocycles. The third kappa shape index (κ3) is 5.84. The SMILES string of the molecule is O[C@H](CN1CC(Cc2cccc(OC(F)(F)F)c2)(c2cccc(N3CC[C@@H](F)C3)c2)c2ccccc21)C(F)(F)F. The number of β-amino-alcohol motifs (C(OH)–C–C–N with tert-alkyl or cyclic N) is 1. The van der Waals surface area contributed by atoms with Gasteiger partial charge in [0.1, 0.15) is 11.9 Å². The minimum absolute atomic E-state index is 0.0268. The topological polar surface area (TPSA) is 35.9 Å². The first-order valence-electron chi connectivity index (χ1n) is 12.8. The molecule has 3 aromatic rings. The van der Waals surface area contributed by atoms with Gasteiger partial charge in [-0.1, -0.05) is 42.5 Å². The van der Waals surface area contributed by atoms with E-state index in [1.54, 1.807) is 36.4 Å². The van der Waals surface area contributed by atoms with E-state index in [-0.39, 0.29) is 19.5 Å². The molecule has 0 amide bonds. The van der Waals surface area contributed by atoms with Gasteiger partial charge in [0.2, 0.25) is 0 Å². The van der Waals surface area contributed by atoms with E-state index in [4.69, 9.17) is 0 Å². The average molecular weight is 569 g/mol. The van der Waals surface area contributed by atoms with Crippen LogP contribution in [0.25, 0.3) is 0 Å². The second-order valence-electron chi connectivity index (χ2n) is 10.3. The van der Waals surface area contributed by atoms with Crippen molar-refractivity contribution in [3.05, 3.63) is 89.5 Å². The largest absolute Gasteiger partial charge is 0.573 e. The summed E-state index contributed by atoms with van der Waals surface area (Å²) in [5.41, 5.74) is 2.11. The fraction of sp³-hybridized carbons (Fsp3) is 0.379. The van der Waals surface area contributed by atoms with Crippen LogP contribution in [0.5, 0.6) is 5.75 Å². The maximum absolute atomic E-state index is 14.0. The number of aliphatic hydroxyl groups excluding tert-OH is 1. The number of hydrogen-bond donors (Lipinski definition) is 1. The maximum atomic E-state index is 14.0. The predicted molar refractivity (Wildman–Crippen MR) is 136 cm³/mol. The molecule has 1 unspecified atom stereocenters. The van der Waals surface area contributed by atoms with Gasteiger partial charge in [-0.2, -0.15) is 13.2 Å². The Kier molecular flexibility index (Phi) is 7.37. The Bertz CT molecular complexity index is 1350. The number of nitrogens with zero attached hydrogens (tertiary/aromatic N) is 2. The summed E-state index contributed by atoms with van der Waals surface area (Å²) in [6.07, 6.45) is -12.8. The van der Waals surface area contributed by atoms with Gasteiger partial charge in [-0.05, 0) is 59.9 Å². The van der Waals surface area contributed by atoms with Crippen molar-refractivity contribution in [3.8, 4) is 5.75 Å². The third-order valence-corrected chi connectivity index (χ3v) is 7.52. The van der Waals surface area contributed by atoms with Crippen LogP contribution >= 0.6 is 0 Å². The maximum Gasteiger partial charge on any atom is 0.573 e. The Morgan fingerprint density at radius 3 is 2.40 bits per heavy atom. The molecule has 4 nitrogen and oxygen atoms in total. The van der Waals surface area contributed by atoms with Gasteiger partial charge in [0.05, 0.1) is 6.54 Å². The average Bonchev–Trinajstić information content (AvgIpc) is 3.45. The Labute approximate surface area is 226 Å². The van der Waals surface area contributed by atoms with Crippen LogP contribution in [0.1, 0.15) is 23.1 Å². The van der Waals surface area contributed by atoms with E-state index >= 15 is 0 Å². The molecule has 11 heteroatoms. The van der Waals surface area contributed by atoms with Crippen LogP contribution in [0.3, 0.4) is 0 Å². The number of halogens is 7. The molecule has 1 saturated heterocycles. The number of aliphatic hydroxyl groups is 1. The first-order valence-corrected chi connectivity index (χ1v) is 12.8. The number of fused-ring (bicyclic) bond motifs is 1. The Morgan fingerprint density at radius 1 is 0.950 bits per heavy atom. The van der Waals surface area contributed by atoms with Gasteiger partial charge in [-0.25, -0.2) is 4.39 Å². The second-order valence-corrected chi connectivity index (χ2v) is 10.3. The lowest BCUT2D eigenvalue weighted by Crippen LogP contribution is -2.44. The molecule has 0 bridgehead atoms. The summed E-state index contributed by atoms with van der Waals surface area (Å²) in [7, 11) is 0. The molecule has 2 aliphatic heterocycles. The van der Waals surface area contributed by atoms with Gasteiger partial charge in [0, 0.05) is 36.4 Å². The predicted octanol–water partition coefficient (Wildman–Crippen LogP) is 6.41.